The summed E-state index contributed by atoms with van der Waals surface area (Å²) in [5.41, 5.74) is 0.416. The SMILES string of the molecule is [2H]C([2H])(CCC(C)C(=O)O)[C@@H](C)[C@H]1C([2H])([2H])C[C@H]2[C@@H]3C(=O)C=C4C[C@@H](O)CC[C@]4(C)[C@H]3CC[C@@]21C. The Labute approximate surface area is 193 Å². The fraction of sp³-hybridized carbons (Fsp3) is 0.852. The van der Waals surface area contributed by atoms with E-state index in [-0.39, 0.29) is 48.2 Å². The molecular formula is C27H42O4. The molecule has 4 aliphatic carbocycles. The molecule has 2 N–H and O–H groups in total. The Morgan fingerprint density at radius 1 is 1.26 bits per heavy atom. The molecule has 3 saturated carbocycles. The molecule has 0 aromatic heterocycles. The van der Waals surface area contributed by atoms with Crippen molar-refractivity contribution in [3.63, 3.8) is 0 Å². The van der Waals surface area contributed by atoms with E-state index in [1.807, 2.05) is 0 Å². The minimum Gasteiger partial charge on any atom is -0.481 e. The van der Waals surface area contributed by atoms with Crippen LogP contribution in [0.15, 0.2) is 11.6 Å². The summed E-state index contributed by atoms with van der Waals surface area (Å²) in [6.45, 7) is 7.68. The molecule has 4 rings (SSSR count). The van der Waals surface area contributed by atoms with Crippen LogP contribution < -0.4 is 0 Å². The third kappa shape index (κ3) is 3.81. The van der Waals surface area contributed by atoms with Gasteiger partial charge in [-0.25, -0.2) is 0 Å². The normalized spacial score (nSPS) is 48.0. The number of hydrogen-bond donors (Lipinski definition) is 2. The summed E-state index contributed by atoms with van der Waals surface area (Å²) in [4.78, 5) is 24.8. The second kappa shape index (κ2) is 8.32. The maximum Gasteiger partial charge on any atom is 0.306 e. The van der Waals surface area contributed by atoms with Crippen LogP contribution in [0.3, 0.4) is 0 Å². The third-order valence-corrected chi connectivity index (χ3v) is 9.59. The highest BCUT2D eigenvalue weighted by atomic mass is 16.4. The molecule has 0 radical (unpaired) electrons. The first-order valence-electron chi connectivity index (χ1n) is 14.2. The Kier molecular flexibility index (Phi) is 4.91. The van der Waals surface area contributed by atoms with E-state index in [9.17, 15) is 19.8 Å². The predicted molar refractivity (Wildman–Crippen MR) is 121 cm³/mol. The van der Waals surface area contributed by atoms with Crippen molar-refractivity contribution in [1.82, 2.24) is 0 Å². The molecule has 3 fully saturated rings. The summed E-state index contributed by atoms with van der Waals surface area (Å²) >= 11 is 0. The number of carboxylic acids is 1. The maximum absolute atomic E-state index is 13.5. The lowest BCUT2D eigenvalue weighted by molar-refractivity contribution is -0.141. The number of ketones is 1. The number of carboxylic acid groups (broad SMARTS) is 1. The monoisotopic (exact) mass is 434 g/mol. The molecule has 31 heavy (non-hydrogen) atoms. The van der Waals surface area contributed by atoms with Gasteiger partial charge in [0.05, 0.1) is 12.0 Å². The van der Waals surface area contributed by atoms with E-state index in [0.29, 0.717) is 6.42 Å². The van der Waals surface area contributed by atoms with Crippen LogP contribution in [0.4, 0.5) is 0 Å². The van der Waals surface area contributed by atoms with E-state index in [1.54, 1.807) is 19.9 Å². The molecule has 1 unspecified atom stereocenters. The lowest BCUT2D eigenvalue weighted by Gasteiger charge is -2.57. The van der Waals surface area contributed by atoms with Crippen molar-refractivity contribution in [3.05, 3.63) is 11.6 Å². The molecule has 4 nitrogen and oxygen atoms in total. The van der Waals surface area contributed by atoms with E-state index < -0.39 is 48.0 Å². The van der Waals surface area contributed by atoms with Crippen LogP contribution in [0, 0.1) is 46.3 Å². The van der Waals surface area contributed by atoms with Gasteiger partial charge in [-0.15, -0.1) is 0 Å². The molecule has 0 amide bonds. The van der Waals surface area contributed by atoms with Gasteiger partial charge in [-0.3, -0.25) is 9.59 Å². The minimum atomic E-state index is -1.70. The van der Waals surface area contributed by atoms with Crippen LogP contribution in [0.2, 0.25) is 0 Å². The van der Waals surface area contributed by atoms with E-state index in [2.05, 4.69) is 13.8 Å². The number of allylic oxidation sites excluding steroid dienone is 1. The Bertz CT molecular complexity index is 917. The highest BCUT2D eigenvalue weighted by Crippen LogP contribution is 2.66. The molecular weight excluding hydrogens is 388 g/mol. The molecule has 0 bridgehead atoms. The third-order valence-electron chi connectivity index (χ3n) is 9.59. The summed E-state index contributed by atoms with van der Waals surface area (Å²) in [5, 5.41) is 19.4. The van der Waals surface area contributed by atoms with Gasteiger partial charge >= 0.3 is 5.97 Å². The highest BCUT2D eigenvalue weighted by molar-refractivity contribution is 5.94. The van der Waals surface area contributed by atoms with Crippen molar-refractivity contribution in [2.75, 3.05) is 0 Å². The first-order chi connectivity index (χ1) is 16.0. The molecule has 4 heteroatoms. The zero-order valence-corrected chi connectivity index (χ0v) is 19.5. The second-order valence-electron chi connectivity index (χ2n) is 11.3. The van der Waals surface area contributed by atoms with Crippen molar-refractivity contribution >= 4 is 11.8 Å². The van der Waals surface area contributed by atoms with Gasteiger partial charge in [0.1, 0.15) is 0 Å². The Balaban J connectivity index is 1.64. The first-order valence-corrected chi connectivity index (χ1v) is 12.2. The van der Waals surface area contributed by atoms with Crippen LogP contribution in [0.1, 0.15) is 97.3 Å². The van der Waals surface area contributed by atoms with Gasteiger partial charge in [-0.1, -0.05) is 46.1 Å². The van der Waals surface area contributed by atoms with Gasteiger partial charge in [0.2, 0.25) is 0 Å². The van der Waals surface area contributed by atoms with Crippen molar-refractivity contribution in [1.29, 1.82) is 0 Å². The Hall–Kier alpha value is -1.16. The number of aliphatic carboxylic acids is 1. The smallest absolute Gasteiger partial charge is 0.306 e. The van der Waals surface area contributed by atoms with Gasteiger partial charge in [0, 0.05) is 11.4 Å². The molecule has 0 saturated heterocycles. The second-order valence-corrected chi connectivity index (χ2v) is 11.3. The van der Waals surface area contributed by atoms with Gasteiger partial charge in [0.15, 0.2) is 5.78 Å². The number of carbonyl (C=O) groups is 2. The van der Waals surface area contributed by atoms with Gasteiger partial charge in [-0.2, -0.15) is 0 Å². The fourth-order valence-electron chi connectivity index (χ4n) is 7.51. The zero-order valence-electron chi connectivity index (χ0n) is 23.5. The fourth-order valence-corrected chi connectivity index (χ4v) is 7.51. The first kappa shape index (κ1) is 18.3. The topological polar surface area (TPSA) is 74.6 Å². The number of hydrogen-bond acceptors (Lipinski definition) is 3. The standard InChI is InChI=1S/C27H42O4/c1-16(6-5-7-17(2)25(30)31)20-8-9-21-24-22(11-13-27(20,21)4)26(3)12-10-19(28)14-18(26)15-23(24)29/h15-17,19-22,24,28H,5-14H2,1-4H3,(H,30,31)/t16-,17?,19+,20-,21+,22+,24+,26+,27-/m1/s1/i6D2,8D2. The van der Waals surface area contributed by atoms with Crippen LogP contribution in [0.25, 0.3) is 0 Å². The molecule has 0 aromatic rings. The summed E-state index contributed by atoms with van der Waals surface area (Å²) in [5.74, 6) is -2.94. The van der Waals surface area contributed by atoms with Crippen LogP contribution in [0.5, 0.6) is 0 Å². The summed E-state index contributed by atoms with van der Waals surface area (Å²) < 4.78 is 35.7. The number of aliphatic hydroxyl groups excluding tert-OH is 1. The molecule has 0 aromatic carbocycles. The van der Waals surface area contributed by atoms with Crippen LogP contribution in [-0.4, -0.2) is 28.1 Å². The molecule has 0 spiro atoms. The van der Waals surface area contributed by atoms with Gasteiger partial charge in [0.25, 0.3) is 0 Å². The van der Waals surface area contributed by atoms with E-state index in [0.717, 1.165) is 31.3 Å². The van der Waals surface area contributed by atoms with Crippen LogP contribution in [-0.2, 0) is 9.59 Å². The summed E-state index contributed by atoms with van der Waals surface area (Å²) in [6.07, 6.45) is 2.28. The molecule has 174 valence electrons. The molecule has 4 aliphatic rings. The van der Waals surface area contributed by atoms with Crippen molar-refractivity contribution in [3.8, 4) is 0 Å². The van der Waals surface area contributed by atoms with Gasteiger partial charge < -0.3 is 10.2 Å². The summed E-state index contributed by atoms with van der Waals surface area (Å²) in [7, 11) is 0. The lowest BCUT2D eigenvalue weighted by Crippen LogP contribution is -2.53. The lowest BCUT2D eigenvalue weighted by atomic mass is 9.46. The predicted octanol–water partition coefficient (Wildman–Crippen LogP) is 5.63. The number of aliphatic hydroxyl groups is 1. The highest BCUT2D eigenvalue weighted by Gasteiger charge is 2.61. The Morgan fingerprint density at radius 3 is 2.71 bits per heavy atom. The summed E-state index contributed by atoms with van der Waals surface area (Å²) in [6, 6.07) is 0. The zero-order chi connectivity index (χ0) is 26.1. The van der Waals surface area contributed by atoms with Crippen molar-refractivity contribution < 1.29 is 25.3 Å². The number of carbonyl (C=O) groups excluding carboxylic acids is 1. The van der Waals surface area contributed by atoms with Crippen molar-refractivity contribution in [2.45, 2.75) is 97.9 Å². The van der Waals surface area contributed by atoms with E-state index in [4.69, 9.17) is 5.48 Å². The minimum absolute atomic E-state index is 0.0647. The number of rotatable bonds is 6. The van der Waals surface area contributed by atoms with Crippen molar-refractivity contribution in [2.24, 2.45) is 46.3 Å². The molecule has 0 heterocycles. The van der Waals surface area contributed by atoms with Crippen LogP contribution >= 0.6 is 0 Å². The largest absolute Gasteiger partial charge is 0.481 e. The quantitative estimate of drug-likeness (QED) is 0.568. The Morgan fingerprint density at radius 2 is 2.00 bits per heavy atom. The van der Waals surface area contributed by atoms with Gasteiger partial charge in [-0.05, 0) is 91.9 Å². The average molecular weight is 435 g/mol. The maximum atomic E-state index is 13.5. The van der Waals surface area contributed by atoms with E-state index >= 15 is 0 Å². The average Bonchev–Trinajstić information content (AvgIpc) is 2.97. The molecule has 0 aliphatic heterocycles. The molecule has 9 atom stereocenters. The van der Waals surface area contributed by atoms with E-state index in [1.165, 1.54) is 0 Å². The number of fused-ring (bicyclic) bond motifs is 5.